The first-order chi connectivity index (χ1) is 9.95. The SMILES string of the molecule is CCC(N)(CC)CNS(=O)(=O)c1ccc(F)cc1C(F)(F)F. The van der Waals surface area contributed by atoms with Gasteiger partial charge in [-0.25, -0.2) is 17.5 Å². The lowest BCUT2D eigenvalue weighted by Gasteiger charge is -2.27. The zero-order valence-electron chi connectivity index (χ0n) is 12.2. The fourth-order valence-corrected chi connectivity index (χ4v) is 3.12. The van der Waals surface area contributed by atoms with Crippen molar-refractivity contribution in [2.24, 2.45) is 5.73 Å². The Morgan fingerprint density at radius 1 is 1.18 bits per heavy atom. The number of nitrogens with two attached hydrogens (primary N) is 1. The molecule has 0 heterocycles. The molecule has 9 heteroatoms. The number of hydrogen-bond donors (Lipinski definition) is 2. The van der Waals surface area contributed by atoms with Gasteiger partial charge in [0.15, 0.2) is 0 Å². The second-order valence-electron chi connectivity index (χ2n) is 5.03. The van der Waals surface area contributed by atoms with Crippen molar-refractivity contribution in [3.8, 4) is 0 Å². The van der Waals surface area contributed by atoms with Gasteiger partial charge in [0.25, 0.3) is 0 Å². The van der Waals surface area contributed by atoms with Crippen molar-refractivity contribution < 1.29 is 26.0 Å². The minimum atomic E-state index is -4.98. The molecule has 0 radical (unpaired) electrons. The predicted octanol–water partition coefficient (Wildman–Crippen LogP) is 2.64. The molecule has 0 spiro atoms. The Bertz CT molecular complexity index is 625. The molecule has 0 aliphatic heterocycles. The lowest BCUT2D eigenvalue weighted by Crippen LogP contribution is -2.49. The van der Waals surface area contributed by atoms with Crippen LogP contribution < -0.4 is 10.5 Å². The molecule has 22 heavy (non-hydrogen) atoms. The van der Waals surface area contributed by atoms with Crippen LogP contribution in [0.15, 0.2) is 23.1 Å². The highest BCUT2D eigenvalue weighted by Gasteiger charge is 2.38. The summed E-state index contributed by atoms with van der Waals surface area (Å²) in [6.07, 6.45) is -4.09. The molecule has 0 bridgehead atoms. The van der Waals surface area contributed by atoms with E-state index in [-0.39, 0.29) is 12.6 Å². The van der Waals surface area contributed by atoms with Gasteiger partial charge in [0.05, 0.1) is 10.5 Å². The fraction of sp³-hybridized carbons (Fsp3) is 0.538. The van der Waals surface area contributed by atoms with E-state index in [9.17, 15) is 26.0 Å². The van der Waals surface area contributed by atoms with Crippen molar-refractivity contribution in [1.82, 2.24) is 4.72 Å². The molecule has 0 atom stereocenters. The Morgan fingerprint density at radius 3 is 2.18 bits per heavy atom. The second kappa shape index (κ2) is 6.51. The van der Waals surface area contributed by atoms with Crippen molar-refractivity contribution >= 4 is 10.0 Å². The third kappa shape index (κ3) is 4.40. The summed E-state index contributed by atoms with van der Waals surface area (Å²) in [5.74, 6) is -1.17. The summed E-state index contributed by atoms with van der Waals surface area (Å²) in [6, 6.07) is 1.42. The first-order valence-electron chi connectivity index (χ1n) is 6.60. The van der Waals surface area contributed by atoms with Gasteiger partial charge in [-0.2, -0.15) is 13.2 Å². The van der Waals surface area contributed by atoms with Crippen LogP contribution in [0.2, 0.25) is 0 Å². The average Bonchev–Trinajstić information content (AvgIpc) is 2.43. The van der Waals surface area contributed by atoms with Crippen molar-refractivity contribution in [2.75, 3.05) is 6.54 Å². The highest BCUT2D eigenvalue weighted by Crippen LogP contribution is 2.34. The fourth-order valence-electron chi connectivity index (χ4n) is 1.77. The van der Waals surface area contributed by atoms with E-state index in [1.807, 2.05) is 0 Å². The van der Waals surface area contributed by atoms with Gasteiger partial charge >= 0.3 is 6.18 Å². The van der Waals surface area contributed by atoms with Gasteiger partial charge in [0.2, 0.25) is 10.0 Å². The van der Waals surface area contributed by atoms with Crippen molar-refractivity contribution in [1.29, 1.82) is 0 Å². The monoisotopic (exact) mass is 342 g/mol. The minimum Gasteiger partial charge on any atom is -0.324 e. The average molecular weight is 342 g/mol. The summed E-state index contributed by atoms with van der Waals surface area (Å²) < 4.78 is 77.9. The molecule has 0 saturated carbocycles. The Labute approximate surface area is 126 Å². The molecule has 0 aliphatic rings. The van der Waals surface area contributed by atoms with Crippen LogP contribution in [0.25, 0.3) is 0 Å². The van der Waals surface area contributed by atoms with Gasteiger partial charge in [-0.05, 0) is 31.0 Å². The number of nitrogens with one attached hydrogen (secondary N) is 1. The molecular formula is C13H18F4N2O2S. The first-order valence-corrected chi connectivity index (χ1v) is 8.09. The van der Waals surface area contributed by atoms with E-state index >= 15 is 0 Å². The van der Waals surface area contributed by atoms with Crippen molar-refractivity contribution in [3.05, 3.63) is 29.6 Å². The number of hydrogen-bond acceptors (Lipinski definition) is 3. The Balaban J connectivity index is 3.19. The molecule has 0 unspecified atom stereocenters. The Kier molecular flexibility index (Phi) is 5.58. The number of alkyl halides is 3. The van der Waals surface area contributed by atoms with E-state index in [0.717, 1.165) is 0 Å². The molecular weight excluding hydrogens is 324 g/mol. The van der Waals surface area contributed by atoms with Gasteiger partial charge in [-0.1, -0.05) is 13.8 Å². The van der Waals surface area contributed by atoms with Crippen LogP contribution in [0.3, 0.4) is 0 Å². The Morgan fingerprint density at radius 2 is 1.73 bits per heavy atom. The van der Waals surface area contributed by atoms with E-state index < -0.39 is 38.0 Å². The number of rotatable bonds is 6. The largest absolute Gasteiger partial charge is 0.417 e. The summed E-state index contributed by atoms with van der Waals surface area (Å²) in [4.78, 5) is -1.02. The standard InChI is InChI=1S/C13H18F4N2O2S/c1-3-12(18,4-2)8-19-22(20,21)11-6-5-9(14)7-10(11)13(15,16)17/h5-7,19H,3-4,8,18H2,1-2H3. The highest BCUT2D eigenvalue weighted by molar-refractivity contribution is 7.89. The van der Waals surface area contributed by atoms with E-state index in [4.69, 9.17) is 5.73 Å². The third-order valence-electron chi connectivity index (χ3n) is 3.56. The van der Waals surface area contributed by atoms with E-state index in [2.05, 4.69) is 4.72 Å². The van der Waals surface area contributed by atoms with Gasteiger partial charge in [-0.3, -0.25) is 0 Å². The second-order valence-corrected chi connectivity index (χ2v) is 6.77. The molecule has 3 N–H and O–H groups in total. The summed E-state index contributed by atoms with van der Waals surface area (Å²) in [6.45, 7) is 3.28. The first kappa shape index (κ1) is 18.9. The molecule has 126 valence electrons. The van der Waals surface area contributed by atoms with Crippen LogP contribution in [0.5, 0.6) is 0 Å². The smallest absolute Gasteiger partial charge is 0.324 e. The highest BCUT2D eigenvalue weighted by atomic mass is 32.2. The molecule has 0 amide bonds. The minimum absolute atomic E-state index is 0.157. The zero-order valence-corrected chi connectivity index (χ0v) is 13.0. The predicted molar refractivity (Wildman–Crippen MR) is 74.1 cm³/mol. The van der Waals surface area contributed by atoms with Crippen LogP contribution in [-0.4, -0.2) is 20.5 Å². The summed E-state index contributed by atoms with van der Waals surface area (Å²) in [7, 11) is -4.46. The molecule has 4 nitrogen and oxygen atoms in total. The third-order valence-corrected chi connectivity index (χ3v) is 5.02. The zero-order chi connectivity index (χ0) is 17.2. The van der Waals surface area contributed by atoms with E-state index in [1.165, 1.54) is 0 Å². The molecule has 1 aromatic carbocycles. The van der Waals surface area contributed by atoms with Crippen LogP contribution in [0.4, 0.5) is 17.6 Å². The van der Waals surface area contributed by atoms with Crippen LogP contribution in [-0.2, 0) is 16.2 Å². The molecule has 1 aromatic rings. The van der Waals surface area contributed by atoms with Gasteiger partial charge in [0, 0.05) is 12.1 Å². The molecule has 0 fully saturated rings. The topological polar surface area (TPSA) is 72.2 Å². The molecule has 0 aromatic heterocycles. The Hall–Kier alpha value is -1.19. The number of sulfonamides is 1. The van der Waals surface area contributed by atoms with Gasteiger partial charge in [-0.15, -0.1) is 0 Å². The maximum absolute atomic E-state index is 13.0. The lowest BCUT2D eigenvalue weighted by molar-refractivity contribution is -0.140. The normalized spacial score (nSPS) is 13.4. The lowest BCUT2D eigenvalue weighted by atomic mass is 9.95. The van der Waals surface area contributed by atoms with Crippen LogP contribution >= 0.6 is 0 Å². The maximum atomic E-state index is 13.0. The van der Waals surface area contributed by atoms with E-state index in [1.54, 1.807) is 13.8 Å². The number of benzene rings is 1. The quantitative estimate of drug-likeness (QED) is 0.781. The molecule has 0 aliphatic carbocycles. The molecule has 0 saturated heterocycles. The maximum Gasteiger partial charge on any atom is 0.417 e. The van der Waals surface area contributed by atoms with Crippen molar-refractivity contribution in [2.45, 2.75) is 43.3 Å². The van der Waals surface area contributed by atoms with Gasteiger partial charge in [0.1, 0.15) is 5.82 Å². The van der Waals surface area contributed by atoms with Crippen molar-refractivity contribution in [3.63, 3.8) is 0 Å². The van der Waals surface area contributed by atoms with E-state index in [0.29, 0.717) is 25.0 Å². The summed E-state index contributed by atoms with van der Waals surface area (Å²) in [5, 5.41) is 0. The van der Waals surface area contributed by atoms with Gasteiger partial charge < -0.3 is 5.73 Å². The summed E-state index contributed by atoms with van der Waals surface area (Å²) in [5.41, 5.74) is 3.52. The van der Waals surface area contributed by atoms with Crippen LogP contribution in [0.1, 0.15) is 32.3 Å². The summed E-state index contributed by atoms with van der Waals surface area (Å²) >= 11 is 0. The number of halogens is 4. The molecule has 1 rings (SSSR count). The van der Waals surface area contributed by atoms with Crippen LogP contribution in [0, 0.1) is 5.82 Å².